The Morgan fingerprint density at radius 1 is 1.80 bits per heavy atom. The van der Waals surface area contributed by atoms with E-state index in [1.807, 2.05) is 6.08 Å². The van der Waals surface area contributed by atoms with Crippen molar-refractivity contribution in [3.8, 4) is 0 Å². The highest BCUT2D eigenvalue weighted by Crippen LogP contribution is 2.01. The summed E-state index contributed by atoms with van der Waals surface area (Å²) in [6.45, 7) is 4.01. The van der Waals surface area contributed by atoms with Gasteiger partial charge in [-0.1, -0.05) is 6.08 Å². The van der Waals surface area contributed by atoms with Gasteiger partial charge in [0.15, 0.2) is 0 Å². The van der Waals surface area contributed by atoms with Crippen LogP contribution in [-0.4, -0.2) is 29.3 Å². The Morgan fingerprint density at radius 2 is 2.50 bits per heavy atom. The van der Waals surface area contributed by atoms with Crippen LogP contribution < -0.4 is 11.3 Å². The summed E-state index contributed by atoms with van der Waals surface area (Å²) >= 11 is 1.64. The van der Waals surface area contributed by atoms with Crippen molar-refractivity contribution in [1.82, 2.24) is 5.43 Å². The van der Waals surface area contributed by atoms with E-state index in [1.54, 1.807) is 11.8 Å². The number of hydrazine groups is 1. The molecule has 0 aliphatic carbocycles. The van der Waals surface area contributed by atoms with Gasteiger partial charge in [0, 0.05) is 18.1 Å². The van der Waals surface area contributed by atoms with Crippen LogP contribution in [0.1, 0.15) is 0 Å². The molecule has 0 aliphatic heterocycles. The van der Waals surface area contributed by atoms with Crippen LogP contribution in [0.3, 0.4) is 0 Å². The molecule has 0 amide bonds. The predicted molar refractivity (Wildman–Crippen MR) is 45.7 cm³/mol. The highest BCUT2D eigenvalue weighted by molar-refractivity contribution is 7.99. The lowest BCUT2D eigenvalue weighted by atomic mass is 10.4. The van der Waals surface area contributed by atoms with E-state index < -0.39 is 0 Å². The molecule has 0 aromatic carbocycles. The van der Waals surface area contributed by atoms with Crippen molar-refractivity contribution in [2.24, 2.45) is 5.84 Å². The molecule has 0 saturated heterocycles. The number of hydrogen-bond donors (Lipinski definition) is 3. The van der Waals surface area contributed by atoms with Gasteiger partial charge in [0.05, 0.1) is 6.10 Å². The highest BCUT2D eigenvalue weighted by atomic mass is 32.2. The van der Waals surface area contributed by atoms with Crippen molar-refractivity contribution in [3.63, 3.8) is 0 Å². The van der Waals surface area contributed by atoms with Crippen LogP contribution in [0.2, 0.25) is 0 Å². The van der Waals surface area contributed by atoms with E-state index >= 15 is 0 Å². The molecule has 4 N–H and O–H groups in total. The molecule has 0 bridgehead atoms. The summed E-state index contributed by atoms with van der Waals surface area (Å²) in [6, 6.07) is 0. The number of aliphatic hydroxyl groups excluding tert-OH is 1. The minimum atomic E-state index is -0.352. The van der Waals surface area contributed by atoms with E-state index in [9.17, 15) is 0 Å². The molecular formula is C6H14N2OS. The summed E-state index contributed by atoms with van der Waals surface area (Å²) in [6.07, 6.45) is 1.46. The first-order valence-corrected chi connectivity index (χ1v) is 4.27. The van der Waals surface area contributed by atoms with Gasteiger partial charge in [0.1, 0.15) is 0 Å². The second-order valence-corrected chi connectivity index (χ2v) is 2.96. The van der Waals surface area contributed by atoms with Crippen molar-refractivity contribution in [1.29, 1.82) is 0 Å². The van der Waals surface area contributed by atoms with Crippen LogP contribution in [0.15, 0.2) is 12.7 Å². The molecule has 3 nitrogen and oxygen atoms in total. The van der Waals surface area contributed by atoms with Crippen molar-refractivity contribution in [2.45, 2.75) is 6.10 Å². The molecule has 0 radical (unpaired) electrons. The van der Waals surface area contributed by atoms with Crippen molar-refractivity contribution >= 4 is 11.8 Å². The molecule has 10 heavy (non-hydrogen) atoms. The average molecular weight is 162 g/mol. The Hall–Kier alpha value is -0.0300. The highest BCUT2D eigenvalue weighted by Gasteiger charge is 2.00. The second kappa shape index (κ2) is 7.08. The second-order valence-electron chi connectivity index (χ2n) is 1.89. The number of nitrogens with two attached hydrogens (primary N) is 1. The average Bonchev–Trinajstić information content (AvgIpc) is 1.89. The Balaban J connectivity index is 3.04. The van der Waals surface area contributed by atoms with Crippen molar-refractivity contribution in [2.75, 3.05) is 18.1 Å². The van der Waals surface area contributed by atoms with E-state index in [-0.39, 0.29) is 6.10 Å². The zero-order valence-electron chi connectivity index (χ0n) is 5.92. The van der Waals surface area contributed by atoms with E-state index in [0.29, 0.717) is 12.3 Å². The van der Waals surface area contributed by atoms with Gasteiger partial charge in [0.25, 0.3) is 0 Å². The van der Waals surface area contributed by atoms with Crippen LogP contribution in [-0.2, 0) is 0 Å². The van der Waals surface area contributed by atoms with Crippen molar-refractivity contribution < 1.29 is 5.11 Å². The van der Waals surface area contributed by atoms with Crippen molar-refractivity contribution in [3.05, 3.63) is 12.7 Å². The fraction of sp³-hybridized carbons (Fsp3) is 0.667. The number of rotatable bonds is 6. The zero-order valence-corrected chi connectivity index (χ0v) is 6.73. The molecule has 0 fully saturated rings. The van der Waals surface area contributed by atoms with Gasteiger partial charge in [-0.2, -0.15) is 11.8 Å². The van der Waals surface area contributed by atoms with E-state index in [4.69, 9.17) is 10.9 Å². The van der Waals surface area contributed by atoms with E-state index in [0.717, 1.165) is 5.75 Å². The molecule has 0 heterocycles. The molecule has 0 aromatic rings. The maximum absolute atomic E-state index is 9.08. The lowest BCUT2D eigenvalue weighted by molar-refractivity contribution is 0.196. The minimum Gasteiger partial charge on any atom is -0.391 e. The topological polar surface area (TPSA) is 58.3 Å². The van der Waals surface area contributed by atoms with Crippen LogP contribution in [0.25, 0.3) is 0 Å². The van der Waals surface area contributed by atoms with Crippen LogP contribution in [0.5, 0.6) is 0 Å². The largest absolute Gasteiger partial charge is 0.391 e. The van der Waals surface area contributed by atoms with Crippen LogP contribution >= 0.6 is 11.8 Å². The normalized spacial score (nSPS) is 13.0. The Bertz CT molecular complexity index is 89.8. The minimum absolute atomic E-state index is 0.352. The maximum Gasteiger partial charge on any atom is 0.0768 e. The Kier molecular flexibility index (Phi) is 7.06. The monoisotopic (exact) mass is 162 g/mol. The molecule has 60 valence electrons. The molecular weight excluding hydrogens is 148 g/mol. The number of nitrogens with one attached hydrogen (secondary N) is 1. The molecule has 0 aromatic heterocycles. The standard InChI is InChI=1S/C6H14N2OS/c1-2-3-10-5-6(9)4-8-7/h2,6,8-9H,1,3-5,7H2. The summed E-state index contributed by atoms with van der Waals surface area (Å²) < 4.78 is 0. The van der Waals surface area contributed by atoms with Gasteiger partial charge < -0.3 is 5.11 Å². The van der Waals surface area contributed by atoms with Gasteiger partial charge >= 0.3 is 0 Å². The predicted octanol–water partition coefficient (Wildman–Crippen LogP) is -0.270. The molecule has 0 spiro atoms. The molecule has 1 atom stereocenters. The Morgan fingerprint density at radius 3 is 3.00 bits per heavy atom. The summed E-state index contributed by atoms with van der Waals surface area (Å²) in [5.41, 5.74) is 2.41. The third-order valence-electron chi connectivity index (χ3n) is 0.899. The third kappa shape index (κ3) is 6.10. The number of aliphatic hydroxyl groups is 1. The maximum atomic E-state index is 9.08. The van der Waals surface area contributed by atoms with Gasteiger partial charge in [-0.25, -0.2) is 0 Å². The summed E-state index contributed by atoms with van der Waals surface area (Å²) in [4.78, 5) is 0. The summed E-state index contributed by atoms with van der Waals surface area (Å²) in [5.74, 6) is 6.58. The molecule has 0 rings (SSSR count). The summed E-state index contributed by atoms with van der Waals surface area (Å²) in [7, 11) is 0. The van der Waals surface area contributed by atoms with Crippen LogP contribution in [0, 0.1) is 0 Å². The van der Waals surface area contributed by atoms with Gasteiger partial charge in [-0.05, 0) is 0 Å². The SMILES string of the molecule is C=CCSCC(O)CNN. The number of thioether (sulfide) groups is 1. The molecule has 4 heteroatoms. The van der Waals surface area contributed by atoms with Gasteiger partial charge in [-0.15, -0.1) is 6.58 Å². The fourth-order valence-corrected chi connectivity index (χ4v) is 1.18. The lowest BCUT2D eigenvalue weighted by Gasteiger charge is -2.07. The smallest absolute Gasteiger partial charge is 0.0768 e. The summed E-state index contributed by atoms with van der Waals surface area (Å²) in [5, 5.41) is 9.08. The fourth-order valence-electron chi connectivity index (χ4n) is 0.482. The number of hydrogen-bond acceptors (Lipinski definition) is 4. The first-order chi connectivity index (χ1) is 4.81. The molecule has 1 unspecified atom stereocenters. The van der Waals surface area contributed by atoms with E-state index in [1.165, 1.54) is 0 Å². The Labute approximate surface area is 65.7 Å². The van der Waals surface area contributed by atoms with Crippen LogP contribution in [0.4, 0.5) is 0 Å². The molecule has 0 aliphatic rings. The van der Waals surface area contributed by atoms with E-state index in [2.05, 4.69) is 12.0 Å². The van der Waals surface area contributed by atoms with Gasteiger partial charge in [0.2, 0.25) is 0 Å². The molecule has 0 saturated carbocycles. The lowest BCUT2D eigenvalue weighted by Crippen LogP contribution is -2.33. The zero-order chi connectivity index (χ0) is 7.82. The van der Waals surface area contributed by atoms with Gasteiger partial charge in [-0.3, -0.25) is 11.3 Å². The third-order valence-corrected chi connectivity index (χ3v) is 1.99. The quantitative estimate of drug-likeness (QED) is 0.218. The first kappa shape index (κ1) is 9.97. The first-order valence-electron chi connectivity index (χ1n) is 3.11.